The van der Waals surface area contributed by atoms with Gasteiger partial charge in [0.15, 0.2) is 0 Å². The van der Waals surface area contributed by atoms with Gasteiger partial charge in [-0.2, -0.15) is 13.2 Å². The Kier molecular flexibility index (Phi) is 3.69. The van der Waals surface area contributed by atoms with Crippen molar-refractivity contribution in [2.24, 2.45) is 0 Å². The molecule has 0 spiro atoms. The van der Waals surface area contributed by atoms with Gasteiger partial charge < -0.3 is 5.11 Å². The summed E-state index contributed by atoms with van der Waals surface area (Å²) in [6.07, 6.45) is -8.02. The molecule has 1 rings (SSSR count). The minimum Gasteiger partial charge on any atom is -0.390 e. The van der Waals surface area contributed by atoms with Gasteiger partial charge >= 0.3 is 6.18 Å². The predicted octanol–water partition coefficient (Wildman–Crippen LogP) is 3.18. The number of nitrogens with zero attached hydrogens (tertiary/aromatic N) is 1. The Labute approximate surface area is 91.7 Å². The Bertz CT molecular complexity index is 393. The van der Waals surface area contributed by atoms with E-state index in [2.05, 4.69) is 4.98 Å². The lowest BCUT2D eigenvalue weighted by molar-refractivity contribution is -0.139. The van der Waals surface area contributed by atoms with Crippen LogP contribution in [0.25, 0.3) is 0 Å². The van der Waals surface area contributed by atoms with E-state index >= 15 is 0 Å². The van der Waals surface area contributed by atoms with Gasteiger partial charge in [0.25, 0.3) is 6.43 Å². The average molecular weight is 262 g/mol. The van der Waals surface area contributed by atoms with Crippen molar-refractivity contribution in [3.05, 3.63) is 28.0 Å². The number of hydrogen-bond donors (Lipinski definition) is 1. The van der Waals surface area contributed by atoms with E-state index in [-0.39, 0.29) is 6.07 Å². The molecule has 1 aromatic rings. The zero-order valence-electron chi connectivity index (χ0n) is 7.52. The maximum Gasteiger partial charge on any atom is 0.418 e. The van der Waals surface area contributed by atoms with Crippen LogP contribution in [0.2, 0.25) is 5.15 Å². The van der Waals surface area contributed by atoms with E-state index < -0.39 is 41.2 Å². The van der Waals surface area contributed by atoms with Gasteiger partial charge in [-0.1, -0.05) is 11.6 Å². The maximum atomic E-state index is 12.4. The van der Waals surface area contributed by atoms with Crippen LogP contribution in [0, 0.1) is 0 Å². The highest BCUT2D eigenvalue weighted by Gasteiger charge is 2.35. The lowest BCUT2D eigenvalue weighted by Crippen LogP contribution is -2.12. The molecule has 0 saturated heterocycles. The monoisotopic (exact) mass is 261 g/mol. The third kappa shape index (κ3) is 2.59. The molecule has 1 N–H and O–H groups in total. The Morgan fingerprint density at radius 2 is 1.94 bits per heavy atom. The van der Waals surface area contributed by atoms with Crippen LogP contribution in [0.5, 0.6) is 0 Å². The summed E-state index contributed by atoms with van der Waals surface area (Å²) in [5.41, 5.74) is -3.19. The highest BCUT2D eigenvalue weighted by molar-refractivity contribution is 6.30. The van der Waals surface area contributed by atoms with Crippen LogP contribution in [0.1, 0.15) is 23.2 Å². The predicted molar refractivity (Wildman–Crippen MR) is 45.1 cm³/mol. The van der Waals surface area contributed by atoms with E-state index in [1.165, 1.54) is 0 Å². The molecule has 1 heterocycles. The molecule has 8 heteroatoms. The first kappa shape index (κ1) is 13.1. The molecule has 0 amide bonds. The molecular weight excluding hydrogens is 257 g/mol. The number of pyridine rings is 1. The van der Waals surface area contributed by atoms with Crippen LogP contribution < -0.4 is 0 Å². The summed E-state index contributed by atoms with van der Waals surface area (Å²) in [5.74, 6) is 0. The molecule has 0 radical (unpaired) electrons. The first-order valence-electron chi connectivity index (χ1n) is 3.93. The molecule has 0 saturated carbocycles. The first-order valence-corrected chi connectivity index (χ1v) is 4.30. The molecule has 0 fully saturated rings. The topological polar surface area (TPSA) is 33.1 Å². The van der Waals surface area contributed by atoms with E-state index in [1.807, 2.05) is 0 Å². The average Bonchev–Trinajstić information content (AvgIpc) is 2.14. The number of aliphatic hydroxyl groups excluding tert-OH is 1. The summed E-state index contributed by atoms with van der Waals surface area (Å²) in [6.45, 7) is -1.03. The van der Waals surface area contributed by atoms with Gasteiger partial charge in [-0.3, -0.25) is 0 Å². The van der Waals surface area contributed by atoms with Gasteiger partial charge in [0, 0.05) is 0 Å². The molecule has 0 aliphatic rings. The van der Waals surface area contributed by atoms with Gasteiger partial charge in [0.2, 0.25) is 0 Å². The maximum absolute atomic E-state index is 12.4. The van der Waals surface area contributed by atoms with Crippen LogP contribution in [0.15, 0.2) is 6.07 Å². The molecular formula is C8H5ClF5NO. The van der Waals surface area contributed by atoms with E-state index in [0.29, 0.717) is 0 Å². The molecule has 90 valence electrons. The lowest BCUT2D eigenvalue weighted by Gasteiger charge is -2.13. The normalized spacial score (nSPS) is 12.2. The Balaban J connectivity index is 3.41. The second-order valence-corrected chi connectivity index (χ2v) is 3.18. The fraction of sp³-hybridized carbons (Fsp3) is 0.375. The number of aromatic nitrogens is 1. The number of alkyl halides is 5. The van der Waals surface area contributed by atoms with Crippen molar-refractivity contribution in [2.45, 2.75) is 19.2 Å². The summed E-state index contributed by atoms with van der Waals surface area (Å²) < 4.78 is 61.7. The second kappa shape index (κ2) is 4.50. The lowest BCUT2D eigenvalue weighted by atomic mass is 10.1. The zero-order chi connectivity index (χ0) is 12.5. The smallest absolute Gasteiger partial charge is 0.390 e. The highest BCUT2D eigenvalue weighted by atomic mass is 35.5. The third-order valence-electron chi connectivity index (χ3n) is 1.77. The molecule has 0 unspecified atom stereocenters. The Hall–Kier alpha value is -0.950. The summed E-state index contributed by atoms with van der Waals surface area (Å²) in [4.78, 5) is 3.09. The molecule has 2 nitrogen and oxygen atoms in total. The van der Waals surface area contributed by atoms with Crippen molar-refractivity contribution >= 4 is 11.6 Å². The van der Waals surface area contributed by atoms with Crippen LogP contribution in [0.4, 0.5) is 22.0 Å². The molecule has 0 aromatic carbocycles. The van der Waals surface area contributed by atoms with E-state index in [1.54, 1.807) is 0 Å². The van der Waals surface area contributed by atoms with E-state index in [4.69, 9.17) is 16.7 Å². The molecule has 16 heavy (non-hydrogen) atoms. The van der Waals surface area contributed by atoms with Crippen molar-refractivity contribution in [1.82, 2.24) is 4.98 Å². The largest absolute Gasteiger partial charge is 0.418 e. The van der Waals surface area contributed by atoms with Crippen LogP contribution in [-0.2, 0) is 12.8 Å². The summed E-state index contributed by atoms with van der Waals surface area (Å²) in [7, 11) is 0. The van der Waals surface area contributed by atoms with E-state index in [0.717, 1.165) is 0 Å². The standard InChI is InChI=1S/C8H5ClF5NO/c9-6-3(7(10)11)1-4(8(12,13)14)5(2-16)15-6/h1,7,16H,2H2. The molecule has 1 aromatic heterocycles. The van der Waals surface area contributed by atoms with Gasteiger partial charge in [-0.25, -0.2) is 13.8 Å². The van der Waals surface area contributed by atoms with Crippen LogP contribution in [0.3, 0.4) is 0 Å². The molecule has 0 atom stereocenters. The fourth-order valence-electron chi connectivity index (χ4n) is 1.06. The number of halogens is 6. The SMILES string of the molecule is OCc1nc(Cl)c(C(F)F)cc1C(F)(F)F. The van der Waals surface area contributed by atoms with E-state index in [9.17, 15) is 22.0 Å². The van der Waals surface area contributed by atoms with Gasteiger partial charge in [-0.05, 0) is 6.07 Å². The highest BCUT2D eigenvalue weighted by Crippen LogP contribution is 2.36. The minimum absolute atomic E-state index is 0.200. The van der Waals surface area contributed by atoms with Crippen LogP contribution >= 0.6 is 11.6 Å². The first-order chi connectivity index (χ1) is 7.27. The Morgan fingerprint density at radius 1 is 1.38 bits per heavy atom. The summed E-state index contributed by atoms with van der Waals surface area (Å²) >= 11 is 5.26. The van der Waals surface area contributed by atoms with Crippen molar-refractivity contribution < 1.29 is 27.1 Å². The minimum atomic E-state index is -4.86. The Morgan fingerprint density at radius 3 is 2.31 bits per heavy atom. The van der Waals surface area contributed by atoms with Crippen molar-refractivity contribution in [2.75, 3.05) is 0 Å². The third-order valence-corrected chi connectivity index (χ3v) is 2.08. The van der Waals surface area contributed by atoms with Gasteiger partial charge in [0.05, 0.1) is 23.4 Å². The number of rotatable bonds is 2. The molecule has 0 bridgehead atoms. The second-order valence-electron chi connectivity index (χ2n) is 2.82. The van der Waals surface area contributed by atoms with Gasteiger partial charge in [-0.15, -0.1) is 0 Å². The fourth-order valence-corrected chi connectivity index (χ4v) is 1.30. The summed E-state index contributed by atoms with van der Waals surface area (Å²) in [6, 6.07) is 0.200. The van der Waals surface area contributed by atoms with Crippen LogP contribution in [-0.4, -0.2) is 10.1 Å². The number of aliphatic hydroxyl groups is 1. The van der Waals surface area contributed by atoms with Crippen molar-refractivity contribution in [3.8, 4) is 0 Å². The van der Waals surface area contributed by atoms with Gasteiger partial charge in [0.1, 0.15) is 5.15 Å². The summed E-state index contributed by atoms with van der Waals surface area (Å²) in [5, 5.41) is 7.88. The molecule has 0 aliphatic carbocycles. The quantitative estimate of drug-likeness (QED) is 0.655. The van der Waals surface area contributed by atoms with Crippen molar-refractivity contribution in [3.63, 3.8) is 0 Å². The van der Waals surface area contributed by atoms with Crippen molar-refractivity contribution in [1.29, 1.82) is 0 Å². The number of hydrogen-bond acceptors (Lipinski definition) is 2. The zero-order valence-corrected chi connectivity index (χ0v) is 8.28. The molecule has 0 aliphatic heterocycles.